The van der Waals surface area contributed by atoms with Gasteiger partial charge in [-0.15, -0.1) is 0 Å². The number of benzene rings is 2. The summed E-state index contributed by atoms with van der Waals surface area (Å²) in [5, 5.41) is 18.3. The number of carbonyl (C=O) groups is 1. The molecule has 0 aliphatic rings. The quantitative estimate of drug-likeness (QED) is 0.344. The molecule has 11 heteroatoms. The third kappa shape index (κ3) is 4.94. The molecule has 0 aliphatic carbocycles. The van der Waals surface area contributed by atoms with Crippen molar-refractivity contribution < 1.29 is 23.1 Å². The number of carboxylic acid groups (broad SMARTS) is 1. The van der Waals surface area contributed by atoms with Crippen LogP contribution >= 0.6 is 0 Å². The Bertz CT molecular complexity index is 1790. The Morgan fingerprint density at radius 3 is 2.50 bits per heavy atom. The van der Waals surface area contributed by atoms with Gasteiger partial charge in [-0.1, -0.05) is 12.1 Å². The van der Waals surface area contributed by atoms with Crippen molar-refractivity contribution in [1.29, 1.82) is 0 Å². The van der Waals surface area contributed by atoms with Gasteiger partial charge >= 0.3 is 12.1 Å². The third-order valence-electron chi connectivity index (χ3n) is 5.83. The largest absolute Gasteiger partial charge is 0.478 e. The van der Waals surface area contributed by atoms with Crippen molar-refractivity contribution in [3.8, 4) is 22.4 Å². The molecule has 5 rings (SSSR count). The maximum Gasteiger partial charge on any atom is 0.417 e. The monoisotopic (exact) mass is 517 g/mol. The minimum absolute atomic E-state index is 0.0178. The number of rotatable bonds is 5. The minimum Gasteiger partial charge on any atom is -0.478 e. The molecule has 0 atom stereocenters. The Balaban J connectivity index is 1.48. The van der Waals surface area contributed by atoms with Crippen molar-refractivity contribution in [2.45, 2.75) is 6.18 Å². The minimum atomic E-state index is -4.88. The summed E-state index contributed by atoms with van der Waals surface area (Å²) in [7, 11) is 1.83. The number of pyridine rings is 1. The molecule has 0 aliphatic heterocycles. The molecule has 0 amide bonds. The maximum atomic E-state index is 13.4. The van der Waals surface area contributed by atoms with Crippen molar-refractivity contribution >= 4 is 29.1 Å². The van der Waals surface area contributed by atoms with Gasteiger partial charge in [0.05, 0.1) is 28.5 Å². The Kier molecular flexibility index (Phi) is 6.11. The van der Waals surface area contributed by atoms with Crippen molar-refractivity contribution in [2.75, 3.05) is 0 Å². The first-order chi connectivity index (χ1) is 18.1. The molecule has 5 aromatic rings. The van der Waals surface area contributed by atoms with E-state index in [9.17, 15) is 22.8 Å². The van der Waals surface area contributed by atoms with E-state index in [1.807, 2.05) is 37.5 Å². The van der Waals surface area contributed by atoms with Gasteiger partial charge in [-0.05, 0) is 48.0 Å². The number of hydrogen-bond donors (Lipinski definition) is 1. The van der Waals surface area contributed by atoms with Crippen molar-refractivity contribution in [2.24, 2.45) is 7.05 Å². The first kappa shape index (κ1) is 24.6. The van der Waals surface area contributed by atoms with E-state index < -0.39 is 28.8 Å². The lowest BCUT2D eigenvalue weighted by molar-refractivity contribution is -0.138. The summed E-state index contributed by atoms with van der Waals surface area (Å²) in [5.41, 5.74) is 0.753. The molecule has 1 N–H and O–H groups in total. The van der Waals surface area contributed by atoms with Crippen LogP contribution in [-0.4, -0.2) is 35.6 Å². The smallest absolute Gasteiger partial charge is 0.417 e. The number of nitrogens with zero attached hydrogens (tertiary/aromatic N) is 5. The zero-order chi connectivity index (χ0) is 27.0. The lowest BCUT2D eigenvalue weighted by atomic mass is 10.0. The fourth-order valence-electron chi connectivity index (χ4n) is 3.95. The highest BCUT2D eigenvalue weighted by molar-refractivity contribution is 5.90. The number of hydrogen-bond acceptors (Lipinski definition) is 5. The van der Waals surface area contributed by atoms with Crippen LogP contribution in [-0.2, 0) is 13.2 Å². The highest BCUT2D eigenvalue weighted by Gasteiger charge is 2.35. The molecule has 0 saturated carbocycles. The number of aromatic nitrogens is 5. The van der Waals surface area contributed by atoms with E-state index in [1.165, 1.54) is 24.4 Å². The molecule has 2 aromatic carbocycles. The highest BCUT2D eigenvalue weighted by Crippen LogP contribution is 2.34. The zero-order valence-corrected chi connectivity index (χ0v) is 19.7. The summed E-state index contributed by atoms with van der Waals surface area (Å²) in [6.07, 6.45) is 3.55. The van der Waals surface area contributed by atoms with Gasteiger partial charge < -0.3 is 5.11 Å². The lowest BCUT2D eigenvalue weighted by Crippen LogP contribution is -2.17. The van der Waals surface area contributed by atoms with Gasteiger partial charge in [0.15, 0.2) is 0 Å². The Morgan fingerprint density at radius 1 is 0.974 bits per heavy atom. The number of carboxylic acids is 1. The second kappa shape index (κ2) is 9.43. The Labute approximate surface area is 212 Å². The van der Waals surface area contributed by atoms with E-state index in [0.29, 0.717) is 6.07 Å². The van der Waals surface area contributed by atoms with Gasteiger partial charge in [0, 0.05) is 53.8 Å². The van der Waals surface area contributed by atoms with Crippen LogP contribution in [0.15, 0.2) is 78.0 Å². The molecule has 3 aromatic heterocycles. The molecule has 0 unspecified atom stereocenters. The topological polar surface area (TPSA) is 103 Å². The fraction of sp³-hybridized carbons (Fsp3) is 0.0741. The number of aryl methyl sites for hydroxylation is 1. The first-order valence-electron chi connectivity index (χ1n) is 11.2. The molecule has 8 nitrogen and oxygen atoms in total. The summed E-state index contributed by atoms with van der Waals surface area (Å²) in [6, 6.07) is 12.8. The fourth-order valence-corrected chi connectivity index (χ4v) is 3.95. The van der Waals surface area contributed by atoms with Gasteiger partial charge in [-0.25, -0.2) is 9.48 Å². The summed E-state index contributed by atoms with van der Waals surface area (Å²) in [5.74, 6) is -1.69. The van der Waals surface area contributed by atoms with Crippen LogP contribution in [0.4, 0.5) is 13.2 Å². The predicted octanol–water partition coefficient (Wildman–Crippen LogP) is 5.20. The summed E-state index contributed by atoms with van der Waals surface area (Å²) >= 11 is 0. The summed E-state index contributed by atoms with van der Waals surface area (Å²) < 4.78 is 43.0. The SMILES string of the molecule is Cn1cc(-c2cnc3ccc(C=Cn4nc(-c5ccc(C(=O)O)c(C(F)(F)F)c5)ccc4=O)cc3c2)cn1. The third-order valence-corrected chi connectivity index (χ3v) is 5.83. The van der Waals surface area contributed by atoms with Gasteiger partial charge in [-0.2, -0.15) is 23.4 Å². The molecule has 0 radical (unpaired) electrons. The maximum absolute atomic E-state index is 13.4. The van der Waals surface area contributed by atoms with Crippen LogP contribution in [0.3, 0.4) is 0 Å². The lowest BCUT2D eigenvalue weighted by Gasteiger charge is -2.12. The van der Waals surface area contributed by atoms with Crippen LogP contribution < -0.4 is 5.56 Å². The average Bonchev–Trinajstić information content (AvgIpc) is 3.33. The van der Waals surface area contributed by atoms with E-state index in [-0.39, 0.29) is 11.3 Å². The van der Waals surface area contributed by atoms with Crippen LogP contribution in [0, 0.1) is 0 Å². The molecular formula is C27H18F3N5O3. The molecule has 0 saturated heterocycles. The highest BCUT2D eigenvalue weighted by atomic mass is 19.4. The van der Waals surface area contributed by atoms with Crippen LogP contribution in [0.2, 0.25) is 0 Å². The van der Waals surface area contributed by atoms with E-state index in [0.717, 1.165) is 38.3 Å². The molecule has 0 fully saturated rings. The molecule has 3 heterocycles. The summed E-state index contributed by atoms with van der Waals surface area (Å²) in [4.78, 5) is 28.1. The second-order valence-corrected chi connectivity index (χ2v) is 8.46. The van der Waals surface area contributed by atoms with Crippen molar-refractivity contribution in [3.05, 3.63) is 100 Å². The predicted molar refractivity (Wildman–Crippen MR) is 135 cm³/mol. The van der Waals surface area contributed by atoms with Gasteiger partial charge in [0.25, 0.3) is 5.56 Å². The first-order valence-corrected chi connectivity index (χ1v) is 11.2. The number of halogens is 3. The van der Waals surface area contributed by atoms with E-state index in [1.54, 1.807) is 23.2 Å². The van der Waals surface area contributed by atoms with Gasteiger partial charge in [0.2, 0.25) is 0 Å². The van der Waals surface area contributed by atoms with Crippen LogP contribution in [0.1, 0.15) is 21.5 Å². The molecule has 190 valence electrons. The average molecular weight is 517 g/mol. The molecular weight excluding hydrogens is 499 g/mol. The van der Waals surface area contributed by atoms with E-state index in [4.69, 9.17) is 5.11 Å². The normalized spacial score (nSPS) is 11.9. The van der Waals surface area contributed by atoms with Gasteiger partial charge in [0.1, 0.15) is 0 Å². The molecule has 38 heavy (non-hydrogen) atoms. The second-order valence-electron chi connectivity index (χ2n) is 8.46. The van der Waals surface area contributed by atoms with Crippen LogP contribution in [0.25, 0.3) is 45.6 Å². The van der Waals surface area contributed by atoms with Crippen molar-refractivity contribution in [3.63, 3.8) is 0 Å². The number of aromatic carboxylic acids is 1. The Hall–Kier alpha value is -5.06. The van der Waals surface area contributed by atoms with E-state index in [2.05, 4.69) is 15.2 Å². The summed E-state index contributed by atoms with van der Waals surface area (Å²) in [6.45, 7) is 0. The molecule has 0 bridgehead atoms. The van der Waals surface area contributed by atoms with E-state index >= 15 is 0 Å². The number of fused-ring (bicyclic) bond motifs is 1. The molecule has 0 spiro atoms. The standard InChI is InChI=1S/C27H18F3N5O3/c1-34-15-20(14-32-34)19-11-18-10-16(2-5-23(18)31-13-19)8-9-35-25(36)7-6-24(33-35)17-3-4-21(26(37)38)22(12-17)27(28,29)30/h2-15H,1H3,(H,37,38). The number of alkyl halides is 3. The van der Waals surface area contributed by atoms with Crippen LogP contribution in [0.5, 0.6) is 0 Å². The Morgan fingerprint density at radius 2 is 1.79 bits per heavy atom. The van der Waals surface area contributed by atoms with Gasteiger partial charge in [-0.3, -0.25) is 14.5 Å². The zero-order valence-electron chi connectivity index (χ0n) is 19.7. The van der Waals surface area contributed by atoms with Crippen molar-refractivity contribution in [1.82, 2.24) is 24.5 Å².